The smallest absolute Gasteiger partial charge is 0.161 e. The second kappa shape index (κ2) is 9.01. The monoisotopic (exact) mass is 456 g/mol. The Morgan fingerprint density at radius 2 is 1.62 bits per heavy atom. The topological polar surface area (TPSA) is 63.3 Å². The van der Waals surface area contributed by atoms with E-state index in [4.69, 9.17) is 14.5 Å². The second-order valence-corrected chi connectivity index (χ2v) is 9.22. The van der Waals surface area contributed by atoms with Crippen LogP contribution < -0.4 is 14.4 Å². The Kier molecular flexibility index (Phi) is 5.90. The lowest BCUT2D eigenvalue weighted by molar-refractivity contribution is 0.355. The number of ether oxygens (including phenoxy) is 2. The lowest BCUT2D eigenvalue weighted by Crippen LogP contribution is -2.33. The molecule has 4 aromatic rings. The van der Waals surface area contributed by atoms with E-state index in [9.17, 15) is 0 Å². The normalized spacial score (nSPS) is 14.6. The van der Waals surface area contributed by atoms with E-state index < -0.39 is 0 Å². The summed E-state index contributed by atoms with van der Waals surface area (Å²) in [5, 5.41) is 1.21. The molecular formula is C28H32N4O2. The standard InChI is InChI=1S/C28H32N4O2/c1-17-12-22(13-18(2)30-17)32-10-8-20(9-11-32)24-15-23-25(16-29-24)31-19(3)28(23)21-6-7-26(33-4)27(14-21)34-5/h6-7,12-16,20,31H,8-11H2,1-5H3. The Balaban J connectivity index is 1.43. The Hall–Kier alpha value is -3.54. The van der Waals surface area contributed by atoms with Crippen molar-refractivity contribution in [2.24, 2.45) is 0 Å². The van der Waals surface area contributed by atoms with Crippen molar-refractivity contribution in [1.29, 1.82) is 0 Å². The first-order valence-electron chi connectivity index (χ1n) is 11.9. The van der Waals surface area contributed by atoms with E-state index in [2.05, 4.69) is 59.9 Å². The van der Waals surface area contributed by atoms with Gasteiger partial charge in [0.25, 0.3) is 0 Å². The molecule has 0 unspecified atom stereocenters. The lowest BCUT2D eigenvalue weighted by Gasteiger charge is -2.33. The Labute approximate surface area is 201 Å². The number of hydrogen-bond acceptors (Lipinski definition) is 5. The predicted molar refractivity (Wildman–Crippen MR) is 137 cm³/mol. The summed E-state index contributed by atoms with van der Waals surface area (Å²) in [6.07, 6.45) is 4.17. The first kappa shape index (κ1) is 22.3. The molecule has 0 bridgehead atoms. The maximum absolute atomic E-state index is 5.55. The van der Waals surface area contributed by atoms with Crippen LogP contribution in [-0.2, 0) is 0 Å². The predicted octanol–water partition coefficient (Wildman–Crippen LogP) is 5.95. The number of hydrogen-bond donors (Lipinski definition) is 1. The zero-order chi connectivity index (χ0) is 23.8. The summed E-state index contributed by atoms with van der Waals surface area (Å²) in [5.74, 6) is 1.92. The molecule has 5 rings (SSSR count). The van der Waals surface area contributed by atoms with Crippen LogP contribution >= 0.6 is 0 Å². The number of anilines is 1. The fourth-order valence-corrected chi connectivity index (χ4v) is 5.26. The van der Waals surface area contributed by atoms with E-state index in [1.807, 2.05) is 18.3 Å². The van der Waals surface area contributed by atoms with Crippen molar-refractivity contribution < 1.29 is 9.47 Å². The molecule has 1 aromatic carbocycles. The molecule has 6 nitrogen and oxygen atoms in total. The molecular weight excluding hydrogens is 424 g/mol. The molecule has 6 heteroatoms. The van der Waals surface area contributed by atoms with Crippen LogP contribution in [0.4, 0.5) is 5.69 Å². The van der Waals surface area contributed by atoms with Crippen molar-refractivity contribution in [3.63, 3.8) is 0 Å². The molecule has 0 aliphatic carbocycles. The molecule has 34 heavy (non-hydrogen) atoms. The van der Waals surface area contributed by atoms with Crippen LogP contribution in [0, 0.1) is 20.8 Å². The number of aromatic amines is 1. The van der Waals surface area contributed by atoms with Crippen molar-refractivity contribution in [2.75, 3.05) is 32.2 Å². The highest BCUT2D eigenvalue weighted by atomic mass is 16.5. The van der Waals surface area contributed by atoms with Gasteiger partial charge in [-0.2, -0.15) is 0 Å². The number of nitrogens with zero attached hydrogens (tertiary/aromatic N) is 3. The molecule has 1 aliphatic heterocycles. The molecule has 0 saturated carbocycles. The van der Waals surface area contributed by atoms with Crippen molar-refractivity contribution in [2.45, 2.75) is 39.5 Å². The number of rotatable bonds is 5. The van der Waals surface area contributed by atoms with Gasteiger partial charge in [-0.1, -0.05) is 6.07 Å². The number of piperidine rings is 1. The molecule has 0 atom stereocenters. The fourth-order valence-electron chi connectivity index (χ4n) is 5.26. The third kappa shape index (κ3) is 4.09. The van der Waals surface area contributed by atoms with E-state index >= 15 is 0 Å². The molecule has 1 N–H and O–H groups in total. The lowest BCUT2D eigenvalue weighted by atomic mass is 9.91. The molecule has 1 aliphatic rings. The maximum atomic E-state index is 5.55. The van der Waals surface area contributed by atoms with Gasteiger partial charge in [0.15, 0.2) is 11.5 Å². The molecule has 1 saturated heterocycles. The number of aromatic nitrogens is 3. The number of methoxy groups -OCH3 is 2. The molecule has 0 spiro atoms. The number of benzene rings is 1. The largest absolute Gasteiger partial charge is 0.493 e. The zero-order valence-corrected chi connectivity index (χ0v) is 20.6. The van der Waals surface area contributed by atoms with Crippen molar-refractivity contribution in [1.82, 2.24) is 15.0 Å². The quantitative estimate of drug-likeness (QED) is 0.402. The molecule has 0 radical (unpaired) electrons. The second-order valence-electron chi connectivity index (χ2n) is 9.22. The third-order valence-corrected chi connectivity index (χ3v) is 6.91. The van der Waals surface area contributed by atoms with E-state index in [1.165, 1.54) is 22.3 Å². The average molecular weight is 457 g/mol. The van der Waals surface area contributed by atoms with Gasteiger partial charge in [0.1, 0.15) is 0 Å². The van der Waals surface area contributed by atoms with Gasteiger partial charge in [-0.05, 0) is 69.5 Å². The highest BCUT2D eigenvalue weighted by Crippen LogP contribution is 2.39. The molecule has 3 aromatic heterocycles. The van der Waals surface area contributed by atoms with E-state index in [1.54, 1.807) is 14.2 Å². The zero-order valence-electron chi connectivity index (χ0n) is 20.6. The van der Waals surface area contributed by atoms with Gasteiger partial charge >= 0.3 is 0 Å². The summed E-state index contributed by atoms with van der Waals surface area (Å²) in [5.41, 5.74) is 9.10. The third-order valence-electron chi connectivity index (χ3n) is 6.91. The van der Waals surface area contributed by atoms with Gasteiger partial charge in [-0.25, -0.2) is 0 Å². The van der Waals surface area contributed by atoms with Gasteiger partial charge < -0.3 is 19.4 Å². The Morgan fingerprint density at radius 3 is 2.29 bits per heavy atom. The highest BCUT2D eigenvalue weighted by molar-refractivity contribution is 5.97. The van der Waals surface area contributed by atoms with Gasteiger partial charge in [0, 0.05) is 58.4 Å². The summed E-state index contributed by atoms with van der Waals surface area (Å²) in [6, 6.07) is 12.8. The van der Waals surface area contributed by atoms with Crippen LogP contribution in [0.2, 0.25) is 0 Å². The number of pyridine rings is 2. The van der Waals surface area contributed by atoms with Crippen LogP contribution in [0.1, 0.15) is 41.5 Å². The molecule has 176 valence electrons. The summed E-state index contributed by atoms with van der Waals surface area (Å²) in [7, 11) is 3.33. The van der Waals surface area contributed by atoms with Gasteiger partial charge in [0.2, 0.25) is 0 Å². The minimum Gasteiger partial charge on any atom is -0.493 e. The summed E-state index contributed by atoms with van der Waals surface area (Å²) in [6.45, 7) is 8.31. The Morgan fingerprint density at radius 1 is 0.912 bits per heavy atom. The minimum absolute atomic E-state index is 0.457. The van der Waals surface area contributed by atoms with Crippen molar-refractivity contribution in [3.05, 3.63) is 65.4 Å². The highest BCUT2D eigenvalue weighted by Gasteiger charge is 2.23. The first-order valence-corrected chi connectivity index (χ1v) is 11.9. The summed E-state index contributed by atoms with van der Waals surface area (Å²) >= 11 is 0. The molecule has 4 heterocycles. The van der Waals surface area contributed by atoms with E-state index in [0.29, 0.717) is 5.92 Å². The van der Waals surface area contributed by atoms with Crippen LogP contribution in [0.3, 0.4) is 0 Å². The van der Waals surface area contributed by atoms with Crippen LogP contribution in [-0.4, -0.2) is 42.3 Å². The Bertz CT molecular complexity index is 1320. The molecule has 1 fully saturated rings. The summed E-state index contributed by atoms with van der Waals surface area (Å²) in [4.78, 5) is 15.4. The van der Waals surface area contributed by atoms with E-state index in [-0.39, 0.29) is 0 Å². The van der Waals surface area contributed by atoms with E-state index in [0.717, 1.165) is 65.6 Å². The van der Waals surface area contributed by atoms with Crippen LogP contribution in [0.25, 0.3) is 22.0 Å². The summed E-state index contributed by atoms with van der Waals surface area (Å²) < 4.78 is 11.0. The maximum Gasteiger partial charge on any atom is 0.161 e. The minimum atomic E-state index is 0.457. The van der Waals surface area contributed by atoms with Crippen LogP contribution in [0.15, 0.2) is 42.6 Å². The SMILES string of the molecule is COc1ccc(-c2c(C)[nH]c3cnc(C4CCN(c5cc(C)nc(C)c5)CC4)cc23)cc1OC. The van der Waals surface area contributed by atoms with Gasteiger partial charge in [0.05, 0.1) is 25.9 Å². The van der Waals surface area contributed by atoms with Gasteiger partial charge in [-0.3, -0.25) is 9.97 Å². The average Bonchev–Trinajstić information content (AvgIpc) is 3.18. The first-order chi connectivity index (χ1) is 16.5. The number of nitrogens with one attached hydrogen (secondary N) is 1. The van der Waals surface area contributed by atoms with Crippen molar-refractivity contribution in [3.8, 4) is 22.6 Å². The number of fused-ring (bicyclic) bond motifs is 1. The van der Waals surface area contributed by atoms with Gasteiger partial charge in [-0.15, -0.1) is 0 Å². The molecule has 0 amide bonds. The fraction of sp³-hybridized carbons (Fsp3) is 0.357. The van der Waals surface area contributed by atoms with Crippen LogP contribution in [0.5, 0.6) is 11.5 Å². The number of aryl methyl sites for hydroxylation is 3. The van der Waals surface area contributed by atoms with Crippen molar-refractivity contribution >= 4 is 16.6 Å². The number of H-pyrrole nitrogens is 1.